The summed E-state index contributed by atoms with van der Waals surface area (Å²) in [6, 6.07) is 0. The summed E-state index contributed by atoms with van der Waals surface area (Å²) in [6.07, 6.45) is 4.19. The zero-order chi connectivity index (χ0) is 7.68. The predicted octanol–water partition coefficient (Wildman–Crippen LogP) is 0.114. The normalized spacial score (nSPS) is 23.2. The molecule has 4 nitrogen and oxygen atoms in total. The van der Waals surface area contributed by atoms with Crippen LogP contribution < -0.4 is 5.73 Å². The molecule has 0 fully saturated rings. The van der Waals surface area contributed by atoms with E-state index >= 15 is 0 Å². The van der Waals surface area contributed by atoms with Crippen molar-refractivity contribution in [1.29, 1.82) is 0 Å². The summed E-state index contributed by atoms with van der Waals surface area (Å²) in [6.45, 7) is 1.72. The van der Waals surface area contributed by atoms with Gasteiger partial charge >= 0.3 is 0 Å². The number of nitrogens with zero attached hydrogens (tertiary/aromatic N) is 3. The molecular formula is C7H12N4. The molecule has 1 aliphatic rings. The Balaban J connectivity index is 2.32. The monoisotopic (exact) mass is 152 g/mol. The topological polar surface area (TPSA) is 56.7 Å². The van der Waals surface area contributed by atoms with Gasteiger partial charge in [0.25, 0.3) is 0 Å². The number of aromatic nitrogens is 3. The van der Waals surface area contributed by atoms with Crippen LogP contribution in [-0.2, 0) is 6.54 Å². The molecule has 4 heteroatoms. The molecule has 1 unspecified atom stereocenters. The second-order valence-electron chi connectivity index (χ2n) is 2.96. The Labute approximate surface area is 65.4 Å². The zero-order valence-electron chi connectivity index (χ0n) is 6.40. The minimum Gasteiger partial charge on any atom is -0.330 e. The summed E-state index contributed by atoms with van der Waals surface area (Å²) in [5, 5.41) is 7.83. The molecule has 60 valence electrons. The van der Waals surface area contributed by atoms with Crippen molar-refractivity contribution in [2.24, 2.45) is 5.73 Å². The molecule has 0 amide bonds. The number of nitrogens with two attached hydrogens (primary N) is 1. The van der Waals surface area contributed by atoms with Crippen LogP contribution in [0.3, 0.4) is 0 Å². The van der Waals surface area contributed by atoms with Crippen LogP contribution in [0.1, 0.15) is 24.5 Å². The maximum Gasteiger partial charge on any atom is 0.0728 e. The standard InChI is InChI=1S/C7H12N4/c8-4-6-2-1-3-11-7(6)5-9-10-11/h5-6H,1-4,8H2. The minimum absolute atomic E-state index is 0.485. The molecule has 0 saturated carbocycles. The fraction of sp³-hybridized carbons (Fsp3) is 0.714. The molecule has 1 atom stereocenters. The highest BCUT2D eigenvalue weighted by Crippen LogP contribution is 2.23. The van der Waals surface area contributed by atoms with Crippen molar-refractivity contribution < 1.29 is 0 Å². The van der Waals surface area contributed by atoms with E-state index in [1.54, 1.807) is 0 Å². The summed E-state index contributed by atoms with van der Waals surface area (Å²) in [7, 11) is 0. The fourth-order valence-corrected chi connectivity index (χ4v) is 1.63. The number of fused-ring (bicyclic) bond motifs is 1. The number of hydrogen-bond donors (Lipinski definition) is 1. The molecule has 2 N–H and O–H groups in total. The smallest absolute Gasteiger partial charge is 0.0728 e. The highest BCUT2D eigenvalue weighted by Gasteiger charge is 2.19. The lowest BCUT2D eigenvalue weighted by molar-refractivity contribution is 0.422. The van der Waals surface area contributed by atoms with E-state index in [9.17, 15) is 0 Å². The number of aryl methyl sites for hydroxylation is 1. The third kappa shape index (κ3) is 1.03. The van der Waals surface area contributed by atoms with E-state index in [0.29, 0.717) is 12.5 Å². The van der Waals surface area contributed by atoms with E-state index in [0.717, 1.165) is 6.54 Å². The van der Waals surface area contributed by atoms with Crippen LogP contribution >= 0.6 is 0 Å². The fourth-order valence-electron chi connectivity index (χ4n) is 1.63. The lowest BCUT2D eigenvalue weighted by atomic mass is 9.97. The van der Waals surface area contributed by atoms with Crippen molar-refractivity contribution >= 4 is 0 Å². The number of rotatable bonds is 1. The van der Waals surface area contributed by atoms with Crippen LogP contribution in [0.25, 0.3) is 0 Å². The van der Waals surface area contributed by atoms with Gasteiger partial charge in [0.15, 0.2) is 0 Å². The first-order valence-electron chi connectivity index (χ1n) is 4.00. The van der Waals surface area contributed by atoms with E-state index in [-0.39, 0.29) is 0 Å². The van der Waals surface area contributed by atoms with Gasteiger partial charge in [0.05, 0.1) is 11.9 Å². The van der Waals surface area contributed by atoms with Crippen LogP contribution in [0.5, 0.6) is 0 Å². The molecule has 0 bridgehead atoms. The van der Waals surface area contributed by atoms with Gasteiger partial charge in [-0.05, 0) is 12.8 Å². The Morgan fingerprint density at radius 1 is 1.73 bits per heavy atom. The lowest BCUT2D eigenvalue weighted by Crippen LogP contribution is -2.22. The highest BCUT2D eigenvalue weighted by atomic mass is 15.4. The average Bonchev–Trinajstić information content (AvgIpc) is 2.50. The van der Waals surface area contributed by atoms with Gasteiger partial charge in [-0.2, -0.15) is 0 Å². The average molecular weight is 152 g/mol. The van der Waals surface area contributed by atoms with Crippen LogP contribution in [0, 0.1) is 0 Å². The predicted molar refractivity (Wildman–Crippen MR) is 41.1 cm³/mol. The molecule has 1 aromatic heterocycles. The maximum absolute atomic E-state index is 5.61. The van der Waals surface area contributed by atoms with Crippen molar-refractivity contribution in [2.45, 2.75) is 25.3 Å². The van der Waals surface area contributed by atoms with Gasteiger partial charge in [0, 0.05) is 19.0 Å². The van der Waals surface area contributed by atoms with Gasteiger partial charge in [0.1, 0.15) is 0 Å². The van der Waals surface area contributed by atoms with Crippen LogP contribution in [0.15, 0.2) is 6.20 Å². The second-order valence-corrected chi connectivity index (χ2v) is 2.96. The summed E-state index contributed by atoms with van der Waals surface area (Å²) in [5.74, 6) is 0.485. The van der Waals surface area contributed by atoms with E-state index in [2.05, 4.69) is 10.3 Å². The summed E-state index contributed by atoms with van der Waals surface area (Å²) in [4.78, 5) is 0. The molecule has 2 rings (SSSR count). The molecule has 11 heavy (non-hydrogen) atoms. The molecule has 0 saturated heterocycles. The van der Waals surface area contributed by atoms with Gasteiger partial charge in [-0.1, -0.05) is 5.21 Å². The van der Waals surface area contributed by atoms with Crippen LogP contribution in [0.4, 0.5) is 0 Å². The first-order chi connectivity index (χ1) is 5.42. The molecule has 0 aromatic carbocycles. The minimum atomic E-state index is 0.485. The summed E-state index contributed by atoms with van der Waals surface area (Å²) < 4.78 is 1.96. The van der Waals surface area contributed by atoms with E-state index in [4.69, 9.17) is 5.73 Å². The molecule has 2 heterocycles. The lowest BCUT2D eigenvalue weighted by Gasteiger charge is -2.20. The van der Waals surface area contributed by atoms with E-state index in [1.165, 1.54) is 18.5 Å². The third-order valence-electron chi connectivity index (χ3n) is 2.27. The first-order valence-corrected chi connectivity index (χ1v) is 4.00. The second kappa shape index (κ2) is 2.62. The van der Waals surface area contributed by atoms with Gasteiger partial charge in [-0.25, -0.2) is 4.68 Å². The Morgan fingerprint density at radius 3 is 3.45 bits per heavy atom. The molecule has 0 spiro atoms. The largest absolute Gasteiger partial charge is 0.330 e. The maximum atomic E-state index is 5.61. The molecule has 1 aliphatic heterocycles. The Morgan fingerprint density at radius 2 is 2.64 bits per heavy atom. The van der Waals surface area contributed by atoms with Crippen molar-refractivity contribution in [3.8, 4) is 0 Å². The summed E-state index contributed by atoms with van der Waals surface area (Å²) >= 11 is 0. The zero-order valence-corrected chi connectivity index (χ0v) is 6.40. The molecule has 0 aliphatic carbocycles. The van der Waals surface area contributed by atoms with Crippen LogP contribution in [0.2, 0.25) is 0 Å². The Bertz CT molecular complexity index is 242. The number of hydrogen-bond acceptors (Lipinski definition) is 3. The van der Waals surface area contributed by atoms with E-state index < -0.39 is 0 Å². The summed E-state index contributed by atoms with van der Waals surface area (Å²) in [5.41, 5.74) is 6.82. The SMILES string of the molecule is NCC1CCCn2nncc21. The molecule has 1 aromatic rings. The van der Waals surface area contributed by atoms with Gasteiger partial charge < -0.3 is 5.73 Å². The third-order valence-corrected chi connectivity index (χ3v) is 2.27. The van der Waals surface area contributed by atoms with Crippen molar-refractivity contribution in [1.82, 2.24) is 15.0 Å². The van der Waals surface area contributed by atoms with Crippen molar-refractivity contribution in [2.75, 3.05) is 6.54 Å². The first kappa shape index (κ1) is 6.79. The van der Waals surface area contributed by atoms with E-state index in [1.807, 2.05) is 10.9 Å². The highest BCUT2D eigenvalue weighted by molar-refractivity contribution is 5.05. The molecular weight excluding hydrogens is 140 g/mol. The van der Waals surface area contributed by atoms with Gasteiger partial charge in [-0.3, -0.25) is 0 Å². The Kier molecular flexibility index (Phi) is 1.62. The van der Waals surface area contributed by atoms with Crippen LogP contribution in [-0.4, -0.2) is 21.5 Å². The quantitative estimate of drug-likeness (QED) is 0.621. The van der Waals surface area contributed by atoms with Crippen molar-refractivity contribution in [3.63, 3.8) is 0 Å². The van der Waals surface area contributed by atoms with Gasteiger partial charge in [-0.15, -0.1) is 5.10 Å². The molecule has 0 radical (unpaired) electrons. The Hall–Kier alpha value is -0.900. The van der Waals surface area contributed by atoms with Gasteiger partial charge in [0.2, 0.25) is 0 Å². The van der Waals surface area contributed by atoms with Crippen molar-refractivity contribution in [3.05, 3.63) is 11.9 Å².